The molecule has 0 atom stereocenters. The van der Waals surface area contributed by atoms with Gasteiger partial charge in [0.15, 0.2) is 0 Å². The number of aryl methyl sites for hydroxylation is 1. The second kappa shape index (κ2) is 9.28. The number of nitrogens with one attached hydrogen (secondary N) is 2. The van der Waals surface area contributed by atoms with Gasteiger partial charge in [-0.2, -0.15) is 0 Å². The standard InChI is InChI=1S/C22H21FN2O2S/c1-15-5-7-16(8-6-15)17-9-10-18(19(23)14-17)21(26)24-11-3-12-25-22(27)20-4-2-13-28-20/h2,4-10,13-14H,3,11-12H2,1H3,(H,24,26)(H,25,27). The van der Waals surface area contributed by atoms with E-state index in [4.69, 9.17) is 0 Å². The van der Waals surface area contributed by atoms with Crippen LogP contribution in [0.1, 0.15) is 32.0 Å². The van der Waals surface area contributed by atoms with Crippen LogP contribution >= 0.6 is 11.3 Å². The van der Waals surface area contributed by atoms with Gasteiger partial charge in [0.1, 0.15) is 5.82 Å². The number of benzene rings is 2. The van der Waals surface area contributed by atoms with E-state index in [1.165, 1.54) is 23.5 Å². The van der Waals surface area contributed by atoms with Crippen molar-refractivity contribution in [3.63, 3.8) is 0 Å². The monoisotopic (exact) mass is 396 g/mol. The molecule has 2 amide bonds. The molecule has 0 unspecified atom stereocenters. The van der Waals surface area contributed by atoms with Crippen molar-refractivity contribution in [2.24, 2.45) is 0 Å². The minimum atomic E-state index is -0.554. The Labute approximate surface area is 167 Å². The molecule has 1 aromatic heterocycles. The maximum atomic E-state index is 14.4. The second-order valence-electron chi connectivity index (χ2n) is 6.40. The molecule has 0 bridgehead atoms. The quantitative estimate of drug-likeness (QED) is 0.581. The van der Waals surface area contributed by atoms with Crippen molar-refractivity contribution >= 4 is 23.2 Å². The number of amides is 2. The smallest absolute Gasteiger partial charge is 0.261 e. The predicted octanol–water partition coefficient (Wildman–Crippen LogP) is 4.41. The van der Waals surface area contributed by atoms with Crippen molar-refractivity contribution in [3.05, 3.63) is 81.8 Å². The first-order chi connectivity index (χ1) is 13.5. The molecule has 3 rings (SSSR count). The number of carbonyl (C=O) groups is 2. The summed E-state index contributed by atoms with van der Waals surface area (Å²) < 4.78 is 14.4. The van der Waals surface area contributed by atoms with Crippen LogP contribution in [-0.4, -0.2) is 24.9 Å². The van der Waals surface area contributed by atoms with Gasteiger partial charge in [0.05, 0.1) is 10.4 Å². The normalized spacial score (nSPS) is 10.5. The van der Waals surface area contributed by atoms with Gasteiger partial charge in [-0.15, -0.1) is 11.3 Å². The summed E-state index contributed by atoms with van der Waals surface area (Å²) in [5.74, 6) is -1.14. The van der Waals surface area contributed by atoms with Gasteiger partial charge in [0, 0.05) is 13.1 Å². The zero-order chi connectivity index (χ0) is 19.9. The Bertz CT molecular complexity index is 953. The zero-order valence-electron chi connectivity index (χ0n) is 15.5. The van der Waals surface area contributed by atoms with E-state index >= 15 is 0 Å². The van der Waals surface area contributed by atoms with Crippen LogP contribution in [0.3, 0.4) is 0 Å². The topological polar surface area (TPSA) is 58.2 Å². The summed E-state index contributed by atoms with van der Waals surface area (Å²) in [5.41, 5.74) is 2.77. The summed E-state index contributed by atoms with van der Waals surface area (Å²) in [6.45, 7) is 2.78. The van der Waals surface area contributed by atoms with Crippen LogP contribution in [-0.2, 0) is 0 Å². The van der Waals surface area contributed by atoms with Crippen molar-refractivity contribution < 1.29 is 14.0 Å². The first-order valence-electron chi connectivity index (χ1n) is 9.01. The van der Waals surface area contributed by atoms with Gasteiger partial charge in [-0.25, -0.2) is 4.39 Å². The Balaban J connectivity index is 1.49. The Hall–Kier alpha value is -2.99. The number of carbonyl (C=O) groups excluding carboxylic acids is 2. The van der Waals surface area contributed by atoms with Gasteiger partial charge in [-0.1, -0.05) is 42.0 Å². The maximum absolute atomic E-state index is 14.4. The van der Waals surface area contributed by atoms with Crippen molar-refractivity contribution in [3.8, 4) is 11.1 Å². The molecule has 3 aromatic rings. The molecule has 144 valence electrons. The third-order valence-corrected chi connectivity index (χ3v) is 5.14. The number of rotatable bonds is 7. The third-order valence-electron chi connectivity index (χ3n) is 4.27. The van der Waals surface area contributed by atoms with Crippen LogP contribution in [0.2, 0.25) is 0 Å². The lowest BCUT2D eigenvalue weighted by Gasteiger charge is -2.09. The van der Waals surface area contributed by atoms with E-state index in [1.807, 2.05) is 42.6 Å². The molecule has 0 spiro atoms. The molecule has 0 aliphatic rings. The molecule has 2 aromatic carbocycles. The molecule has 0 fully saturated rings. The molecular weight excluding hydrogens is 375 g/mol. The maximum Gasteiger partial charge on any atom is 0.261 e. The average molecular weight is 396 g/mol. The summed E-state index contributed by atoms with van der Waals surface area (Å²) >= 11 is 1.38. The predicted molar refractivity (Wildman–Crippen MR) is 110 cm³/mol. The highest BCUT2D eigenvalue weighted by Crippen LogP contribution is 2.22. The Morgan fingerprint density at radius 2 is 1.61 bits per heavy atom. The van der Waals surface area contributed by atoms with Crippen LogP contribution in [0, 0.1) is 12.7 Å². The molecule has 0 saturated carbocycles. The fraction of sp³-hybridized carbons (Fsp3) is 0.182. The minimum absolute atomic E-state index is 0.0125. The fourth-order valence-corrected chi connectivity index (χ4v) is 3.35. The van der Waals surface area contributed by atoms with Crippen LogP contribution in [0.25, 0.3) is 11.1 Å². The first kappa shape index (κ1) is 19.8. The SMILES string of the molecule is Cc1ccc(-c2ccc(C(=O)NCCCNC(=O)c3cccs3)c(F)c2)cc1. The summed E-state index contributed by atoms with van der Waals surface area (Å²) in [6.07, 6.45) is 0.561. The van der Waals surface area contributed by atoms with Crippen LogP contribution < -0.4 is 10.6 Å². The van der Waals surface area contributed by atoms with E-state index in [0.717, 1.165) is 16.7 Å². The lowest BCUT2D eigenvalue weighted by atomic mass is 10.0. The molecular formula is C22H21FN2O2S. The summed E-state index contributed by atoms with van der Waals surface area (Å²) in [4.78, 5) is 24.7. The van der Waals surface area contributed by atoms with Crippen molar-refractivity contribution in [1.82, 2.24) is 10.6 Å². The Morgan fingerprint density at radius 3 is 2.25 bits per heavy atom. The van der Waals surface area contributed by atoms with Gasteiger partial charge in [-0.05, 0) is 48.1 Å². The zero-order valence-corrected chi connectivity index (χ0v) is 16.3. The molecule has 0 saturated heterocycles. The van der Waals surface area contributed by atoms with Gasteiger partial charge in [-0.3, -0.25) is 9.59 Å². The molecule has 4 nitrogen and oxygen atoms in total. The number of hydrogen-bond acceptors (Lipinski definition) is 3. The van der Waals surface area contributed by atoms with E-state index in [1.54, 1.807) is 12.1 Å². The average Bonchev–Trinajstić information content (AvgIpc) is 3.23. The van der Waals surface area contributed by atoms with E-state index in [-0.39, 0.29) is 11.5 Å². The minimum Gasteiger partial charge on any atom is -0.352 e. The van der Waals surface area contributed by atoms with Crippen molar-refractivity contribution in [2.45, 2.75) is 13.3 Å². The molecule has 6 heteroatoms. The van der Waals surface area contributed by atoms with Crippen molar-refractivity contribution in [2.75, 3.05) is 13.1 Å². The molecule has 0 aliphatic carbocycles. The molecule has 1 heterocycles. The van der Waals surface area contributed by atoms with E-state index in [0.29, 0.717) is 24.4 Å². The first-order valence-corrected chi connectivity index (χ1v) is 9.89. The van der Waals surface area contributed by atoms with Crippen LogP contribution in [0.4, 0.5) is 4.39 Å². The van der Waals surface area contributed by atoms with Gasteiger partial charge < -0.3 is 10.6 Å². The third kappa shape index (κ3) is 5.04. The van der Waals surface area contributed by atoms with Gasteiger partial charge in [0.2, 0.25) is 0 Å². The highest BCUT2D eigenvalue weighted by atomic mass is 32.1. The van der Waals surface area contributed by atoms with Crippen molar-refractivity contribution in [1.29, 1.82) is 0 Å². The fourth-order valence-electron chi connectivity index (χ4n) is 2.71. The molecule has 0 radical (unpaired) electrons. The Morgan fingerprint density at radius 1 is 0.929 bits per heavy atom. The van der Waals surface area contributed by atoms with Crippen LogP contribution in [0.15, 0.2) is 60.0 Å². The second-order valence-corrected chi connectivity index (χ2v) is 7.35. The lowest BCUT2D eigenvalue weighted by Crippen LogP contribution is -2.30. The van der Waals surface area contributed by atoms with E-state index in [2.05, 4.69) is 10.6 Å². The number of thiophene rings is 1. The van der Waals surface area contributed by atoms with Crippen LogP contribution in [0.5, 0.6) is 0 Å². The summed E-state index contributed by atoms with van der Waals surface area (Å²) in [7, 11) is 0. The number of halogens is 1. The number of hydrogen-bond donors (Lipinski definition) is 2. The summed E-state index contributed by atoms with van der Waals surface area (Å²) in [5, 5.41) is 7.31. The van der Waals surface area contributed by atoms with Gasteiger partial charge >= 0.3 is 0 Å². The summed E-state index contributed by atoms with van der Waals surface area (Å²) in [6, 6.07) is 16.0. The van der Waals surface area contributed by atoms with E-state index < -0.39 is 11.7 Å². The Kier molecular flexibility index (Phi) is 6.55. The lowest BCUT2D eigenvalue weighted by molar-refractivity contribution is 0.0949. The largest absolute Gasteiger partial charge is 0.352 e. The molecule has 2 N–H and O–H groups in total. The molecule has 28 heavy (non-hydrogen) atoms. The molecule has 0 aliphatic heterocycles. The van der Waals surface area contributed by atoms with Gasteiger partial charge in [0.25, 0.3) is 11.8 Å². The highest BCUT2D eigenvalue weighted by molar-refractivity contribution is 7.12. The van der Waals surface area contributed by atoms with E-state index in [9.17, 15) is 14.0 Å². The highest BCUT2D eigenvalue weighted by Gasteiger charge is 2.12.